The quantitative estimate of drug-likeness (QED) is 0.914. The van der Waals surface area contributed by atoms with Gasteiger partial charge in [0.1, 0.15) is 0 Å². The van der Waals surface area contributed by atoms with Crippen molar-refractivity contribution in [3.63, 3.8) is 0 Å². The van der Waals surface area contributed by atoms with Gasteiger partial charge < -0.3 is 5.11 Å². The zero-order valence-corrected chi connectivity index (χ0v) is 11.2. The van der Waals surface area contributed by atoms with Crippen LogP contribution >= 0.6 is 39.0 Å². The van der Waals surface area contributed by atoms with E-state index in [9.17, 15) is 5.11 Å². The molecule has 1 saturated carbocycles. The van der Waals surface area contributed by atoms with Crippen LogP contribution in [0.2, 0.25) is 0 Å². The minimum atomic E-state index is -0.313. The van der Waals surface area contributed by atoms with E-state index < -0.39 is 0 Å². The molecule has 1 nitrogen and oxygen atoms in total. The molecule has 0 bridgehead atoms. The molecule has 0 radical (unpaired) electrons. The fourth-order valence-corrected chi connectivity index (χ4v) is 4.46. The molecule has 1 aromatic heterocycles. The van der Waals surface area contributed by atoms with Gasteiger partial charge in [-0.1, -0.05) is 6.42 Å². The molecule has 0 spiro atoms. The van der Waals surface area contributed by atoms with Gasteiger partial charge in [0.05, 0.1) is 6.10 Å². The minimum Gasteiger partial charge on any atom is -0.387 e. The summed E-state index contributed by atoms with van der Waals surface area (Å²) in [5, 5.41) is 14.4. The lowest BCUT2D eigenvalue weighted by Crippen LogP contribution is -2.39. The van der Waals surface area contributed by atoms with Gasteiger partial charge >= 0.3 is 0 Å². The van der Waals surface area contributed by atoms with Crippen LogP contribution in [0.5, 0.6) is 0 Å². The summed E-state index contributed by atoms with van der Waals surface area (Å²) in [6.07, 6.45) is 5.31. The van der Waals surface area contributed by atoms with Crippen LogP contribution in [-0.2, 0) is 0 Å². The Morgan fingerprint density at radius 2 is 2.29 bits per heavy atom. The van der Waals surface area contributed by atoms with Crippen molar-refractivity contribution in [3.05, 3.63) is 20.8 Å². The number of hydrogen-bond donors (Lipinski definition) is 1. The lowest BCUT2D eigenvalue weighted by atomic mass is 9.78. The Hall–Kier alpha value is 0.490. The topological polar surface area (TPSA) is 20.2 Å². The van der Waals surface area contributed by atoms with Crippen LogP contribution in [0.4, 0.5) is 0 Å². The van der Waals surface area contributed by atoms with Gasteiger partial charge in [0, 0.05) is 20.2 Å². The maximum Gasteiger partial charge on any atom is 0.0955 e. The van der Waals surface area contributed by atoms with Crippen LogP contribution in [0.1, 0.15) is 30.9 Å². The van der Waals surface area contributed by atoms with Crippen LogP contribution in [-0.4, -0.2) is 16.1 Å². The average molecular weight is 293 g/mol. The van der Waals surface area contributed by atoms with Crippen LogP contribution in [0.3, 0.4) is 0 Å². The maximum atomic E-state index is 10.3. The monoisotopic (exact) mass is 292 g/mol. The highest BCUT2D eigenvalue weighted by molar-refractivity contribution is 9.10. The second kappa shape index (κ2) is 4.16. The molecule has 1 aliphatic carbocycles. The fourth-order valence-electron chi connectivity index (χ4n) is 1.88. The van der Waals surface area contributed by atoms with Gasteiger partial charge in [-0.05, 0) is 40.4 Å². The van der Waals surface area contributed by atoms with E-state index >= 15 is 0 Å². The Kier molecular flexibility index (Phi) is 3.27. The smallest absolute Gasteiger partial charge is 0.0955 e. The average Bonchev–Trinajstić information content (AvgIpc) is 2.50. The Morgan fingerprint density at radius 1 is 1.57 bits per heavy atom. The standard InChI is InChI=1S/C10H13BrOS2/c1-13-10(3-2-4-10)9(12)7-5-14-6-8(7)11/h5-6,9,12H,2-4H2,1H3. The van der Waals surface area contributed by atoms with Crippen molar-refractivity contribution in [2.24, 2.45) is 0 Å². The summed E-state index contributed by atoms with van der Waals surface area (Å²) in [7, 11) is 0. The summed E-state index contributed by atoms with van der Waals surface area (Å²) in [6.45, 7) is 0. The first-order valence-corrected chi connectivity index (χ1v) is 7.60. The molecule has 1 heterocycles. The molecular formula is C10H13BrOS2. The third-order valence-electron chi connectivity index (χ3n) is 3.04. The fraction of sp³-hybridized carbons (Fsp3) is 0.600. The first kappa shape index (κ1) is 11.0. The van der Waals surface area contributed by atoms with Gasteiger partial charge in [-0.25, -0.2) is 0 Å². The van der Waals surface area contributed by atoms with E-state index in [1.165, 1.54) is 6.42 Å². The third-order valence-corrected chi connectivity index (χ3v) is 6.24. The van der Waals surface area contributed by atoms with E-state index in [4.69, 9.17) is 0 Å². The number of hydrogen-bond acceptors (Lipinski definition) is 3. The Bertz CT molecular complexity index is 314. The molecule has 1 atom stereocenters. The Labute approximate surface area is 101 Å². The molecule has 1 N–H and O–H groups in total. The highest BCUT2D eigenvalue weighted by Gasteiger charge is 2.44. The van der Waals surface area contributed by atoms with Crippen molar-refractivity contribution in [1.29, 1.82) is 0 Å². The Balaban J connectivity index is 2.22. The van der Waals surface area contributed by atoms with Crippen molar-refractivity contribution in [2.45, 2.75) is 30.1 Å². The highest BCUT2D eigenvalue weighted by atomic mass is 79.9. The summed E-state index contributed by atoms with van der Waals surface area (Å²) in [6, 6.07) is 0. The van der Waals surface area contributed by atoms with Gasteiger partial charge in [-0.15, -0.1) is 0 Å². The van der Waals surface area contributed by atoms with E-state index in [2.05, 4.69) is 22.2 Å². The second-order valence-corrected chi connectivity index (χ2v) is 6.52. The van der Waals surface area contributed by atoms with Crippen LogP contribution in [0, 0.1) is 0 Å². The van der Waals surface area contributed by atoms with E-state index in [1.54, 1.807) is 11.3 Å². The van der Waals surface area contributed by atoms with Gasteiger partial charge in [0.25, 0.3) is 0 Å². The molecule has 0 saturated heterocycles. The van der Waals surface area contributed by atoms with Crippen LogP contribution in [0.15, 0.2) is 15.2 Å². The van der Waals surface area contributed by atoms with Gasteiger partial charge in [0.2, 0.25) is 0 Å². The van der Waals surface area contributed by atoms with Gasteiger partial charge in [0.15, 0.2) is 0 Å². The zero-order valence-electron chi connectivity index (χ0n) is 8.00. The predicted molar refractivity (Wildman–Crippen MR) is 67.1 cm³/mol. The summed E-state index contributed by atoms with van der Waals surface area (Å²) in [5.41, 5.74) is 1.06. The number of halogens is 1. The number of rotatable bonds is 3. The van der Waals surface area contributed by atoms with Gasteiger partial charge in [-0.3, -0.25) is 0 Å². The van der Waals surface area contributed by atoms with Crippen molar-refractivity contribution < 1.29 is 5.11 Å². The van der Waals surface area contributed by atoms with E-state index in [1.807, 2.05) is 22.5 Å². The predicted octanol–water partition coefficient (Wildman–Crippen LogP) is 3.83. The third kappa shape index (κ3) is 1.66. The van der Waals surface area contributed by atoms with Crippen LogP contribution < -0.4 is 0 Å². The molecule has 1 aromatic rings. The first-order chi connectivity index (χ1) is 6.69. The summed E-state index contributed by atoms with van der Waals surface area (Å²) in [5.74, 6) is 0. The molecule has 14 heavy (non-hydrogen) atoms. The first-order valence-electron chi connectivity index (χ1n) is 4.64. The lowest BCUT2D eigenvalue weighted by molar-refractivity contribution is 0.0874. The van der Waals surface area contributed by atoms with Crippen molar-refractivity contribution in [1.82, 2.24) is 0 Å². The van der Waals surface area contributed by atoms with Gasteiger partial charge in [-0.2, -0.15) is 23.1 Å². The number of aliphatic hydroxyl groups excluding tert-OH is 1. The largest absolute Gasteiger partial charge is 0.387 e. The summed E-state index contributed by atoms with van der Waals surface area (Å²) < 4.78 is 1.14. The number of thioether (sulfide) groups is 1. The summed E-state index contributed by atoms with van der Waals surface area (Å²) in [4.78, 5) is 0. The molecule has 78 valence electrons. The molecule has 0 aromatic carbocycles. The molecule has 2 rings (SSSR count). The molecule has 1 fully saturated rings. The van der Waals surface area contributed by atoms with E-state index in [0.29, 0.717) is 0 Å². The van der Waals surface area contributed by atoms with E-state index in [0.717, 1.165) is 22.9 Å². The van der Waals surface area contributed by atoms with E-state index in [-0.39, 0.29) is 10.9 Å². The molecule has 1 aliphatic rings. The van der Waals surface area contributed by atoms with Crippen LogP contribution in [0.25, 0.3) is 0 Å². The molecule has 4 heteroatoms. The normalized spacial score (nSPS) is 21.6. The number of aliphatic hydroxyl groups is 1. The summed E-state index contributed by atoms with van der Waals surface area (Å²) >= 11 is 6.93. The SMILES string of the molecule is CSC1(C(O)c2cscc2Br)CCC1. The molecule has 0 aliphatic heterocycles. The molecule has 0 amide bonds. The van der Waals surface area contributed by atoms with Crippen molar-refractivity contribution in [2.75, 3.05) is 6.26 Å². The molecule has 1 unspecified atom stereocenters. The lowest BCUT2D eigenvalue weighted by Gasteiger charge is -2.44. The van der Waals surface area contributed by atoms with Crippen molar-refractivity contribution in [3.8, 4) is 0 Å². The maximum absolute atomic E-state index is 10.3. The Morgan fingerprint density at radius 3 is 2.64 bits per heavy atom. The molecular weight excluding hydrogens is 280 g/mol. The number of thiophene rings is 1. The zero-order chi connectivity index (χ0) is 10.2. The highest BCUT2D eigenvalue weighted by Crippen LogP contribution is 2.52. The minimum absolute atomic E-state index is 0.0869. The second-order valence-electron chi connectivity index (χ2n) is 3.70. The van der Waals surface area contributed by atoms with Crippen molar-refractivity contribution >= 4 is 39.0 Å².